The molecule has 0 bridgehead atoms. The number of ether oxygens (including phenoxy) is 1. The molecule has 7 atom stereocenters. The first-order valence-electron chi connectivity index (χ1n) is 14.6. The zero-order valence-corrected chi connectivity index (χ0v) is 30.6. The van der Waals surface area contributed by atoms with E-state index in [0.29, 0.717) is 12.3 Å². The Balaban J connectivity index is 1.64. The lowest BCUT2D eigenvalue weighted by atomic mass is 9.87. The van der Waals surface area contributed by atoms with E-state index in [-0.39, 0.29) is 35.9 Å². The van der Waals surface area contributed by atoms with E-state index in [1.165, 1.54) is 20.8 Å². The molecular formula is C23H38N7O17P3S. The van der Waals surface area contributed by atoms with Gasteiger partial charge in [0.2, 0.25) is 17.7 Å². The zero-order chi connectivity index (χ0) is 38.4. The first-order valence-corrected chi connectivity index (χ1v) is 19.7. The van der Waals surface area contributed by atoms with E-state index < -0.39 is 84.6 Å². The molecule has 0 saturated carbocycles. The predicted octanol–water partition coefficient (Wildman–Crippen LogP) is -1.29. The van der Waals surface area contributed by atoms with Gasteiger partial charge in [-0.05, 0) is 0 Å². The monoisotopic (exact) mass is 809 g/mol. The van der Waals surface area contributed by atoms with Crippen molar-refractivity contribution in [2.45, 2.75) is 57.8 Å². The van der Waals surface area contributed by atoms with E-state index in [4.69, 9.17) is 13.8 Å². The molecule has 9 N–H and O–H groups in total. The quantitative estimate of drug-likeness (QED) is 0.0583. The van der Waals surface area contributed by atoms with Gasteiger partial charge in [0.25, 0.3) is 0 Å². The van der Waals surface area contributed by atoms with Gasteiger partial charge in [-0.1, -0.05) is 13.8 Å². The third-order valence-corrected chi connectivity index (χ3v) is 10.1. The summed E-state index contributed by atoms with van der Waals surface area (Å²) < 4.78 is 62.0. The van der Waals surface area contributed by atoms with Crippen LogP contribution in [0.2, 0.25) is 0 Å². The van der Waals surface area contributed by atoms with Crippen LogP contribution in [0.25, 0.3) is 11.2 Å². The van der Waals surface area contributed by atoms with E-state index in [1.807, 2.05) is 0 Å². The molecule has 3 heterocycles. The number of nitrogens with one attached hydrogen (secondary N) is 3. The third kappa shape index (κ3) is 12.6. The van der Waals surface area contributed by atoms with Gasteiger partial charge >= 0.3 is 23.5 Å². The largest absolute Gasteiger partial charge is 0.481 e. The van der Waals surface area contributed by atoms with E-state index >= 15 is 0 Å². The first kappa shape index (κ1) is 43.0. The Morgan fingerprint density at radius 2 is 1.73 bits per heavy atom. The van der Waals surface area contributed by atoms with E-state index in [2.05, 4.69) is 52.4 Å². The average molecular weight is 810 g/mol. The van der Waals surface area contributed by atoms with Crippen molar-refractivity contribution in [2.75, 3.05) is 37.4 Å². The lowest BCUT2D eigenvalue weighted by Gasteiger charge is -2.30. The number of hydrogen-bond acceptors (Lipinski definition) is 17. The highest BCUT2D eigenvalue weighted by Crippen LogP contribution is 2.61. The molecule has 28 heteroatoms. The van der Waals surface area contributed by atoms with Crippen LogP contribution in [0.3, 0.4) is 0 Å². The van der Waals surface area contributed by atoms with E-state index in [9.17, 15) is 57.9 Å². The van der Waals surface area contributed by atoms with Crippen molar-refractivity contribution in [2.24, 2.45) is 5.41 Å². The Labute approximate surface area is 294 Å². The maximum Gasteiger partial charge on any atom is 0.481 e. The third-order valence-electron chi connectivity index (χ3n) is 6.78. The molecule has 3 amide bonds. The van der Waals surface area contributed by atoms with Crippen LogP contribution in [-0.4, -0.2) is 123 Å². The lowest BCUT2D eigenvalue weighted by Crippen LogP contribution is -2.46. The van der Waals surface area contributed by atoms with E-state index in [0.717, 1.165) is 17.2 Å². The minimum atomic E-state index is -5.57. The summed E-state index contributed by atoms with van der Waals surface area (Å²) in [6, 6.07) is 0. The maximum atomic E-state index is 12.6. The number of carbonyl (C=O) groups is 3. The number of aromatic nitrogens is 4. The number of nitrogens with zero attached hydrogens (tertiary/aromatic N) is 4. The Kier molecular flexibility index (Phi) is 14.8. The molecule has 0 spiro atoms. The number of phosphoric acid groups is 3. The molecule has 24 nitrogen and oxygen atoms in total. The molecule has 0 radical (unpaired) electrons. The fourth-order valence-corrected chi connectivity index (χ4v) is 7.32. The minimum absolute atomic E-state index is 0.0154. The second-order valence-corrected chi connectivity index (χ2v) is 16.1. The molecule has 3 rings (SSSR count). The number of amides is 3. The highest BCUT2D eigenvalue weighted by molar-refractivity contribution is 7.80. The summed E-state index contributed by atoms with van der Waals surface area (Å²) in [5.41, 5.74) is -1.59. The first-order chi connectivity index (χ1) is 23.6. The van der Waals surface area contributed by atoms with Crippen molar-refractivity contribution in [3.05, 3.63) is 12.7 Å². The van der Waals surface area contributed by atoms with Crippen molar-refractivity contribution in [1.29, 1.82) is 0 Å². The van der Waals surface area contributed by atoms with E-state index in [1.54, 1.807) is 0 Å². The number of fused-ring (bicyclic) bond motifs is 1. The highest BCUT2D eigenvalue weighted by Gasteiger charge is 2.50. The number of thiol groups is 1. The van der Waals surface area contributed by atoms with Crippen LogP contribution >= 0.6 is 36.1 Å². The van der Waals surface area contributed by atoms with Crippen molar-refractivity contribution in [3.8, 4) is 0 Å². The second kappa shape index (κ2) is 17.6. The Morgan fingerprint density at radius 3 is 2.35 bits per heavy atom. The molecule has 51 heavy (non-hydrogen) atoms. The van der Waals surface area contributed by atoms with Gasteiger partial charge in [-0.3, -0.25) is 32.5 Å². The van der Waals surface area contributed by atoms with Crippen LogP contribution in [-0.2, 0) is 50.7 Å². The molecule has 2 aromatic heterocycles. The summed E-state index contributed by atoms with van der Waals surface area (Å²) >= 11 is 3.95. The standard InChI is InChI=1S/C23H38N7O17P3S/c1-12(31)29-19-15-20(27-10-26-19)30(11-28-15)22-16(33)17(46-48(36,37)38)13(45-22)8-43-49(39,40)47-50(41,42)44-9-23(2,3)18(34)21(35)25-5-4-14(32)24-6-7-51/h10-11,13,16-18,22,33-34,51H,4-9H2,1-3H3,(H,24,32)(H,25,35)(H,39,40)(H,41,42)(H2,36,37,38)(H,26,27,29,31)/t13-,16-,17-,18+,22-/m1/s1. The summed E-state index contributed by atoms with van der Waals surface area (Å²) in [6.07, 6.45) is -7.03. The normalized spacial score (nSPS) is 22.5. The molecule has 0 aromatic carbocycles. The van der Waals surface area contributed by atoms with Gasteiger partial charge in [-0.25, -0.2) is 28.6 Å². The summed E-state index contributed by atoms with van der Waals surface area (Å²) in [5, 5.41) is 28.6. The van der Waals surface area contributed by atoms with Gasteiger partial charge < -0.3 is 50.5 Å². The SMILES string of the molecule is CC(=O)Nc1ncnc2c1ncn2[C@@H]1O[C@H](COP(=O)(O)OP(=O)(O)OCC(C)(C)[C@@H](O)C(=O)NCCC(=O)NCCS)[C@@H](OP(=O)(O)O)[C@H]1O. The maximum absolute atomic E-state index is 12.6. The average Bonchev–Trinajstić information content (AvgIpc) is 3.57. The number of hydrogen-bond donors (Lipinski definition) is 10. The molecule has 2 aromatic rings. The van der Waals surface area contributed by atoms with Crippen LogP contribution in [0, 0.1) is 5.41 Å². The van der Waals surface area contributed by atoms with Gasteiger partial charge in [-0.15, -0.1) is 0 Å². The van der Waals surface area contributed by atoms with Crippen LogP contribution in [0.5, 0.6) is 0 Å². The van der Waals surface area contributed by atoms with Crippen LogP contribution < -0.4 is 16.0 Å². The lowest BCUT2D eigenvalue weighted by molar-refractivity contribution is -0.137. The predicted molar refractivity (Wildman–Crippen MR) is 173 cm³/mol. The fourth-order valence-electron chi connectivity index (χ4n) is 4.38. The van der Waals surface area contributed by atoms with Crippen molar-refractivity contribution in [1.82, 2.24) is 30.2 Å². The summed E-state index contributed by atoms with van der Waals surface area (Å²) in [6.45, 7) is 1.85. The summed E-state index contributed by atoms with van der Waals surface area (Å²) in [4.78, 5) is 86.6. The van der Waals surface area contributed by atoms with Gasteiger partial charge in [0.15, 0.2) is 23.2 Å². The van der Waals surface area contributed by atoms with Gasteiger partial charge in [0.05, 0.1) is 19.5 Å². The fraction of sp³-hybridized carbons (Fsp3) is 0.652. The molecule has 1 saturated heterocycles. The second-order valence-electron chi connectivity index (χ2n) is 11.4. The number of rotatable bonds is 19. The molecule has 0 aliphatic carbocycles. The molecule has 1 fully saturated rings. The number of aliphatic hydroxyl groups is 2. The van der Waals surface area contributed by atoms with Crippen molar-refractivity contribution in [3.63, 3.8) is 0 Å². The number of carbonyl (C=O) groups excluding carboxylic acids is 3. The summed E-state index contributed by atoms with van der Waals surface area (Å²) in [5.74, 6) is -1.44. The van der Waals surface area contributed by atoms with Gasteiger partial charge in [0.1, 0.15) is 30.7 Å². The minimum Gasteiger partial charge on any atom is -0.386 e. The summed E-state index contributed by atoms with van der Waals surface area (Å²) in [7, 11) is -16.4. The Bertz CT molecular complexity index is 1710. The molecular weight excluding hydrogens is 771 g/mol. The van der Waals surface area contributed by atoms with Gasteiger partial charge in [0, 0.05) is 37.6 Å². The number of phosphoric ester groups is 3. The van der Waals surface area contributed by atoms with Crippen molar-refractivity contribution >= 4 is 70.8 Å². The van der Waals surface area contributed by atoms with Gasteiger partial charge in [-0.2, -0.15) is 16.9 Å². The number of imidazole rings is 1. The molecule has 1 aliphatic rings. The van der Waals surface area contributed by atoms with Crippen LogP contribution in [0.4, 0.5) is 5.82 Å². The zero-order valence-electron chi connectivity index (χ0n) is 27.0. The Morgan fingerprint density at radius 1 is 1.06 bits per heavy atom. The smallest absolute Gasteiger partial charge is 0.386 e. The topological polar surface area (TPSA) is 350 Å². The number of anilines is 1. The van der Waals surface area contributed by atoms with Crippen LogP contribution in [0.15, 0.2) is 12.7 Å². The van der Waals surface area contributed by atoms with Crippen LogP contribution in [0.1, 0.15) is 33.4 Å². The highest BCUT2D eigenvalue weighted by atomic mass is 32.1. The molecule has 1 aliphatic heterocycles. The molecule has 288 valence electrons. The number of aliphatic hydroxyl groups excluding tert-OH is 2. The molecule has 2 unspecified atom stereocenters. The van der Waals surface area contributed by atoms with Crippen molar-refractivity contribution < 1.29 is 80.5 Å². The Hall–Kier alpha value is -2.44.